The molecule has 112 valence electrons. The number of benzene rings is 1. The second-order valence-electron chi connectivity index (χ2n) is 6.84. The fourth-order valence-electron chi connectivity index (χ4n) is 2.97. The quantitative estimate of drug-likeness (QED) is 0.899. The Morgan fingerprint density at radius 2 is 2.15 bits per heavy atom. The van der Waals surface area contributed by atoms with Gasteiger partial charge >= 0.3 is 0 Å². The van der Waals surface area contributed by atoms with E-state index in [0.29, 0.717) is 5.41 Å². The van der Waals surface area contributed by atoms with Crippen molar-refractivity contribution in [2.24, 2.45) is 11.1 Å². The molecule has 1 heterocycles. The van der Waals surface area contributed by atoms with Gasteiger partial charge in [-0.15, -0.1) is 0 Å². The maximum atomic E-state index is 6.44. The molecule has 0 radical (unpaired) electrons. The minimum Gasteiger partial charge on any atom is -0.371 e. The van der Waals surface area contributed by atoms with Gasteiger partial charge in [0.25, 0.3) is 0 Å². The van der Waals surface area contributed by atoms with Gasteiger partial charge in [0, 0.05) is 29.8 Å². The Kier molecular flexibility index (Phi) is 4.98. The topological polar surface area (TPSA) is 29.3 Å². The van der Waals surface area contributed by atoms with Crippen LogP contribution in [0.25, 0.3) is 0 Å². The first-order chi connectivity index (χ1) is 9.41. The number of piperidine rings is 1. The number of hydrogen-bond donors (Lipinski definition) is 1. The highest BCUT2D eigenvalue weighted by Crippen LogP contribution is 2.33. The number of nitrogens with zero attached hydrogens (tertiary/aromatic N) is 1. The number of nitrogens with two attached hydrogens (primary N) is 1. The first-order valence-corrected chi connectivity index (χ1v) is 8.08. The SMILES string of the molecule is CCC(N)Cc1ccc(N2CCCC(C)(C)C2)cc1Cl. The molecule has 1 unspecified atom stereocenters. The van der Waals surface area contributed by atoms with Gasteiger partial charge in [0.05, 0.1) is 0 Å². The minimum atomic E-state index is 0.201. The Hall–Kier alpha value is -0.730. The lowest BCUT2D eigenvalue weighted by Gasteiger charge is -2.39. The highest BCUT2D eigenvalue weighted by molar-refractivity contribution is 6.31. The number of rotatable bonds is 4. The monoisotopic (exact) mass is 294 g/mol. The number of hydrogen-bond acceptors (Lipinski definition) is 2. The van der Waals surface area contributed by atoms with Crippen LogP contribution in [0.1, 0.15) is 45.6 Å². The van der Waals surface area contributed by atoms with E-state index in [1.54, 1.807) is 0 Å². The molecule has 1 aliphatic rings. The molecule has 0 spiro atoms. The van der Waals surface area contributed by atoms with Crippen molar-refractivity contribution in [3.8, 4) is 0 Å². The summed E-state index contributed by atoms with van der Waals surface area (Å²) in [6, 6.07) is 6.66. The average Bonchev–Trinajstić information content (AvgIpc) is 2.39. The summed E-state index contributed by atoms with van der Waals surface area (Å²) in [7, 11) is 0. The number of anilines is 1. The molecule has 1 aromatic rings. The average molecular weight is 295 g/mol. The van der Waals surface area contributed by atoms with Gasteiger partial charge in [0.15, 0.2) is 0 Å². The van der Waals surface area contributed by atoms with E-state index in [1.807, 2.05) is 0 Å². The van der Waals surface area contributed by atoms with E-state index in [2.05, 4.69) is 43.9 Å². The summed E-state index contributed by atoms with van der Waals surface area (Å²) in [6.07, 6.45) is 4.41. The third-order valence-corrected chi connectivity index (χ3v) is 4.66. The molecule has 1 atom stereocenters. The second kappa shape index (κ2) is 6.36. The molecule has 0 amide bonds. The summed E-state index contributed by atoms with van der Waals surface area (Å²) in [5, 5.41) is 0.856. The summed E-state index contributed by atoms with van der Waals surface area (Å²) >= 11 is 6.44. The molecule has 2 N–H and O–H groups in total. The molecule has 3 heteroatoms. The molecule has 0 saturated carbocycles. The van der Waals surface area contributed by atoms with E-state index < -0.39 is 0 Å². The standard InChI is InChI=1S/C17H27ClN2/c1-4-14(19)10-13-6-7-15(11-16(13)18)20-9-5-8-17(2,3)12-20/h6-7,11,14H,4-5,8-10,12,19H2,1-3H3. The van der Waals surface area contributed by atoms with Gasteiger partial charge in [0.2, 0.25) is 0 Å². The van der Waals surface area contributed by atoms with Crippen molar-refractivity contribution in [3.63, 3.8) is 0 Å². The van der Waals surface area contributed by atoms with Crippen LogP contribution in [-0.4, -0.2) is 19.1 Å². The van der Waals surface area contributed by atoms with Crippen molar-refractivity contribution in [2.75, 3.05) is 18.0 Å². The molecule has 1 aliphatic heterocycles. The lowest BCUT2D eigenvalue weighted by atomic mass is 9.84. The molecule has 1 aromatic carbocycles. The van der Waals surface area contributed by atoms with Crippen LogP contribution in [0.4, 0.5) is 5.69 Å². The fraction of sp³-hybridized carbons (Fsp3) is 0.647. The van der Waals surface area contributed by atoms with E-state index in [1.165, 1.54) is 24.1 Å². The van der Waals surface area contributed by atoms with Crippen molar-refractivity contribution in [2.45, 2.75) is 52.5 Å². The van der Waals surface area contributed by atoms with E-state index in [0.717, 1.165) is 31.0 Å². The Labute approximate surface area is 128 Å². The summed E-state index contributed by atoms with van der Waals surface area (Å²) in [4.78, 5) is 2.46. The molecule has 0 aromatic heterocycles. The number of halogens is 1. The van der Waals surface area contributed by atoms with Gasteiger partial charge in [-0.05, 0) is 48.8 Å². The van der Waals surface area contributed by atoms with E-state index in [4.69, 9.17) is 17.3 Å². The van der Waals surface area contributed by atoms with E-state index in [9.17, 15) is 0 Å². The van der Waals surface area contributed by atoms with Gasteiger partial charge in [-0.25, -0.2) is 0 Å². The van der Waals surface area contributed by atoms with Crippen molar-refractivity contribution in [1.82, 2.24) is 0 Å². The third kappa shape index (κ3) is 3.89. The predicted molar refractivity (Wildman–Crippen MR) is 88.7 cm³/mol. The van der Waals surface area contributed by atoms with Crippen LogP contribution in [0.3, 0.4) is 0 Å². The van der Waals surface area contributed by atoms with Crippen molar-refractivity contribution in [1.29, 1.82) is 0 Å². The highest BCUT2D eigenvalue weighted by atomic mass is 35.5. The Morgan fingerprint density at radius 3 is 2.75 bits per heavy atom. The molecule has 2 rings (SSSR count). The zero-order valence-electron chi connectivity index (χ0n) is 13.0. The molecule has 1 fully saturated rings. The Morgan fingerprint density at radius 1 is 1.40 bits per heavy atom. The van der Waals surface area contributed by atoms with Crippen molar-refractivity contribution < 1.29 is 0 Å². The second-order valence-corrected chi connectivity index (χ2v) is 7.24. The highest BCUT2D eigenvalue weighted by Gasteiger charge is 2.26. The largest absolute Gasteiger partial charge is 0.371 e. The smallest absolute Gasteiger partial charge is 0.0459 e. The maximum Gasteiger partial charge on any atom is 0.0459 e. The molecule has 0 aliphatic carbocycles. The summed E-state index contributed by atoms with van der Waals surface area (Å²) in [5.74, 6) is 0. The Balaban J connectivity index is 2.12. The van der Waals surface area contributed by atoms with Crippen molar-refractivity contribution >= 4 is 17.3 Å². The zero-order chi connectivity index (χ0) is 14.8. The van der Waals surface area contributed by atoms with E-state index >= 15 is 0 Å². The summed E-state index contributed by atoms with van der Waals surface area (Å²) < 4.78 is 0. The van der Waals surface area contributed by atoms with Gasteiger partial charge in [-0.1, -0.05) is 38.4 Å². The summed E-state index contributed by atoms with van der Waals surface area (Å²) in [5.41, 5.74) is 8.83. The van der Waals surface area contributed by atoms with Crippen LogP contribution >= 0.6 is 11.6 Å². The van der Waals surface area contributed by atoms with E-state index in [-0.39, 0.29) is 6.04 Å². The summed E-state index contributed by atoms with van der Waals surface area (Å²) in [6.45, 7) is 9.04. The van der Waals surface area contributed by atoms with Crippen LogP contribution in [0.15, 0.2) is 18.2 Å². The van der Waals surface area contributed by atoms with Crippen molar-refractivity contribution in [3.05, 3.63) is 28.8 Å². The molecule has 1 saturated heterocycles. The Bertz CT molecular complexity index is 456. The lowest BCUT2D eigenvalue weighted by molar-refractivity contribution is 0.293. The van der Waals surface area contributed by atoms with Crippen LogP contribution in [0.2, 0.25) is 5.02 Å². The molecule has 0 bridgehead atoms. The van der Waals surface area contributed by atoms with Crippen LogP contribution < -0.4 is 10.6 Å². The maximum absolute atomic E-state index is 6.44. The van der Waals surface area contributed by atoms with Gasteiger partial charge in [0.1, 0.15) is 0 Å². The minimum absolute atomic E-state index is 0.201. The fourth-order valence-corrected chi connectivity index (χ4v) is 3.22. The normalized spacial score (nSPS) is 19.9. The first kappa shape index (κ1) is 15.7. The molecular weight excluding hydrogens is 268 g/mol. The van der Waals surface area contributed by atoms with Gasteiger partial charge in [-0.3, -0.25) is 0 Å². The van der Waals surface area contributed by atoms with Gasteiger partial charge < -0.3 is 10.6 Å². The molecular formula is C17H27ClN2. The lowest BCUT2D eigenvalue weighted by Crippen LogP contribution is -2.40. The molecule has 2 nitrogen and oxygen atoms in total. The van der Waals surface area contributed by atoms with Crippen LogP contribution in [-0.2, 0) is 6.42 Å². The zero-order valence-corrected chi connectivity index (χ0v) is 13.7. The third-order valence-electron chi connectivity index (χ3n) is 4.31. The van der Waals surface area contributed by atoms with Gasteiger partial charge in [-0.2, -0.15) is 0 Å². The molecule has 20 heavy (non-hydrogen) atoms. The first-order valence-electron chi connectivity index (χ1n) is 7.70. The predicted octanol–water partition coefficient (Wildman–Crippen LogP) is 4.25. The van der Waals surface area contributed by atoms with Crippen LogP contribution in [0, 0.1) is 5.41 Å². The van der Waals surface area contributed by atoms with Crippen LogP contribution in [0.5, 0.6) is 0 Å².